The molecular weight excluding hydrogens is 496 g/mol. The maximum absolute atomic E-state index is 15.1. The van der Waals surface area contributed by atoms with Crippen LogP contribution >= 0.6 is 11.3 Å². The van der Waals surface area contributed by atoms with E-state index in [1.807, 2.05) is 0 Å². The number of hydrogen-bond acceptors (Lipinski definition) is 6. The zero-order valence-electron chi connectivity index (χ0n) is 19.0. The average Bonchev–Trinajstić information content (AvgIpc) is 3.31. The summed E-state index contributed by atoms with van der Waals surface area (Å²) in [5.41, 5.74) is 4.23. The highest BCUT2D eigenvalue weighted by Gasteiger charge is 2.29. The molecule has 5 aromatic heterocycles. The lowest BCUT2D eigenvalue weighted by Crippen LogP contribution is -2.13. The van der Waals surface area contributed by atoms with E-state index < -0.39 is 5.82 Å². The zero-order valence-corrected chi connectivity index (χ0v) is 19.9. The van der Waals surface area contributed by atoms with Crippen LogP contribution in [0.5, 0.6) is 0 Å². The van der Waals surface area contributed by atoms with Crippen molar-refractivity contribution < 1.29 is 13.6 Å². The van der Waals surface area contributed by atoms with Crippen LogP contribution in [-0.2, 0) is 4.79 Å². The molecule has 0 radical (unpaired) electrons. The van der Waals surface area contributed by atoms with Gasteiger partial charge < -0.3 is 10.3 Å². The summed E-state index contributed by atoms with van der Waals surface area (Å²) in [6.45, 7) is 0. The SMILES string of the molecule is O=C(Nc1cncc(-c2cc3c(-c4nc5nccc(-c6ccc(F)s6)c5[nH]4)n[nH]c3cc2F)c1)C1CC1. The van der Waals surface area contributed by atoms with Crippen molar-refractivity contribution in [1.82, 2.24) is 30.1 Å². The molecule has 1 saturated carbocycles. The number of amides is 1. The summed E-state index contributed by atoms with van der Waals surface area (Å²) in [5, 5.41) is 10.5. The molecule has 0 bridgehead atoms. The summed E-state index contributed by atoms with van der Waals surface area (Å²) in [6.07, 6.45) is 6.49. The van der Waals surface area contributed by atoms with Crippen molar-refractivity contribution in [2.45, 2.75) is 12.8 Å². The van der Waals surface area contributed by atoms with Crippen molar-refractivity contribution in [3.8, 4) is 33.1 Å². The third kappa shape index (κ3) is 3.84. The molecule has 1 amide bonds. The Labute approximate surface area is 211 Å². The van der Waals surface area contributed by atoms with Crippen molar-refractivity contribution in [3.63, 3.8) is 0 Å². The van der Waals surface area contributed by atoms with E-state index in [2.05, 4.69) is 35.5 Å². The summed E-state index contributed by atoms with van der Waals surface area (Å²) in [5.74, 6) is -0.0131. The van der Waals surface area contributed by atoms with E-state index in [-0.39, 0.29) is 17.0 Å². The van der Waals surface area contributed by atoms with E-state index in [0.29, 0.717) is 50.4 Å². The van der Waals surface area contributed by atoms with Crippen LogP contribution in [0, 0.1) is 16.9 Å². The molecule has 1 fully saturated rings. The van der Waals surface area contributed by atoms with Gasteiger partial charge in [0.2, 0.25) is 5.91 Å². The van der Waals surface area contributed by atoms with Crippen molar-refractivity contribution in [3.05, 3.63) is 65.9 Å². The fraction of sp³-hybridized carbons (Fsp3) is 0.115. The molecule has 37 heavy (non-hydrogen) atoms. The van der Waals surface area contributed by atoms with E-state index in [4.69, 9.17) is 0 Å². The van der Waals surface area contributed by atoms with Gasteiger partial charge in [-0.25, -0.2) is 14.4 Å². The fourth-order valence-corrected chi connectivity index (χ4v) is 5.14. The molecule has 1 aliphatic rings. The Morgan fingerprint density at radius 1 is 1.08 bits per heavy atom. The lowest BCUT2D eigenvalue weighted by atomic mass is 10.0. The van der Waals surface area contributed by atoms with Crippen LogP contribution in [0.25, 0.3) is 55.2 Å². The molecule has 0 spiro atoms. The molecule has 1 aromatic carbocycles. The number of pyridine rings is 2. The Hall–Kier alpha value is -4.51. The first-order valence-corrected chi connectivity index (χ1v) is 12.4. The van der Waals surface area contributed by atoms with Gasteiger partial charge >= 0.3 is 0 Å². The molecule has 11 heteroatoms. The Morgan fingerprint density at radius 2 is 1.97 bits per heavy atom. The monoisotopic (exact) mass is 513 g/mol. The standard InChI is InChI=1S/C26H17F2N7OS/c27-18-9-19-17(8-16(18)13-7-14(11-29-10-13)31-26(36)12-1-2-12)23(35-34-19)25-32-22-15(5-6-30-24(22)33-25)20-3-4-21(28)37-20/h3-12H,1-2H2,(H,31,36)(H,34,35)(H,30,32,33). The summed E-state index contributed by atoms with van der Waals surface area (Å²) < 4.78 is 28.8. The Balaban J connectivity index is 1.31. The number of aromatic nitrogens is 6. The van der Waals surface area contributed by atoms with Crippen molar-refractivity contribution in [2.75, 3.05) is 5.32 Å². The molecule has 0 atom stereocenters. The molecule has 0 saturated heterocycles. The number of benzene rings is 1. The lowest BCUT2D eigenvalue weighted by molar-refractivity contribution is -0.117. The molecule has 3 N–H and O–H groups in total. The van der Waals surface area contributed by atoms with Gasteiger partial charge in [-0.2, -0.15) is 9.49 Å². The number of rotatable bonds is 5. The number of H-pyrrole nitrogens is 2. The molecule has 0 aliphatic heterocycles. The molecule has 5 heterocycles. The third-order valence-corrected chi connectivity index (χ3v) is 7.28. The minimum absolute atomic E-state index is 0.0443. The van der Waals surface area contributed by atoms with Crippen LogP contribution in [-0.4, -0.2) is 36.0 Å². The average molecular weight is 514 g/mol. The molecular formula is C26H17F2N7OS. The van der Waals surface area contributed by atoms with Gasteiger partial charge in [-0.15, -0.1) is 11.3 Å². The second-order valence-electron chi connectivity index (χ2n) is 8.92. The number of halogens is 2. The largest absolute Gasteiger partial charge is 0.335 e. The van der Waals surface area contributed by atoms with Crippen molar-refractivity contribution in [1.29, 1.82) is 0 Å². The summed E-state index contributed by atoms with van der Waals surface area (Å²) >= 11 is 1.04. The zero-order chi connectivity index (χ0) is 25.1. The van der Waals surface area contributed by atoms with Gasteiger partial charge in [0.1, 0.15) is 11.5 Å². The molecule has 6 aromatic rings. The number of imidazole rings is 1. The number of nitrogens with one attached hydrogen (secondary N) is 3. The van der Waals surface area contributed by atoms with Crippen LogP contribution in [0.15, 0.2) is 55.0 Å². The van der Waals surface area contributed by atoms with E-state index in [1.54, 1.807) is 42.9 Å². The quantitative estimate of drug-likeness (QED) is 0.265. The minimum Gasteiger partial charge on any atom is -0.335 e. The second-order valence-corrected chi connectivity index (χ2v) is 9.96. The Morgan fingerprint density at radius 3 is 2.78 bits per heavy atom. The maximum atomic E-state index is 15.1. The van der Waals surface area contributed by atoms with E-state index in [0.717, 1.165) is 34.6 Å². The number of hydrogen-bond donors (Lipinski definition) is 3. The number of anilines is 1. The third-order valence-electron chi connectivity index (χ3n) is 6.37. The van der Waals surface area contributed by atoms with Crippen LogP contribution in [0.1, 0.15) is 12.8 Å². The van der Waals surface area contributed by atoms with Crippen LogP contribution in [0.3, 0.4) is 0 Å². The highest BCUT2D eigenvalue weighted by molar-refractivity contribution is 7.14. The number of nitrogens with zero attached hydrogens (tertiary/aromatic N) is 4. The van der Waals surface area contributed by atoms with E-state index >= 15 is 4.39 Å². The molecule has 7 rings (SSSR count). The topological polar surface area (TPSA) is 112 Å². The first-order valence-electron chi connectivity index (χ1n) is 11.6. The van der Waals surface area contributed by atoms with Gasteiger partial charge in [0.15, 0.2) is 16.6 Å². The Bertz CT molecular complexity index is 1840. The highest BCUT2D eigenvalue weighted by Crippen LogP contribution is 2.36. The molecule has 1 aliphatic carbocycles. The van der Waals surface area contributed by atoms with E-state index in [1.165, 1.54) is 12.1 Å². The van der Waals surface area contributed by atoms with Gasteiger partial charge in [-0.05, 0) is 43.2 Å². The number of carbonyl (C=O) groups is 1. The molecule has 182 valence electrons. The number of fused-ring (bicyclic) bond motifs is 2. The summed E-state index contributed by atoms with van der Waals surface area (Å²) in [4.78, 5) is 29.3. The van der Waals surface area contributed by atoms with Gasteiger partial charge in [0, 0.05) is 51.3 Å². The normalized spacial score (nSPS) is 13.5. The van der Waals surface area contributed by atoms with Crippen molar-refractivity contribution >= 4 is 45.0 Å². The maximum Gasteiger partial charge on any atom is 0.227 e. The van der Waals surface area contributed by atoms with Crippen LogP contribution < -0.4 is 5.32 Å². The summed E-state index contributed by atoms with van der Waals surface area (Å²) in [7, 11) is 0. The first-order chi connectivity index (χ1) is 18.0. The Kier molecular flexibility index (Phi) is 4.86. The first kappa shape index (κ1) is 21.7. The van der Waals surface area contributed by atoms with Gasteiger partial charge in [-0.3, -0.25) is 14.9 Å². The predicted molar refractivity (Wildman–Crippen MR) is 137 cm³/mol. The smallest absolute Gasteiger partial charge is 0.227 e. The number of carbonyl (C=O) groups excluding carboxylic acids is 1. The van der Waals surface area contributed by atoms with E-state index in [9.17, 15) is 9.18 Å². The minimum atomic E-state index is -0.455. The fourth-order valence-electron chi connectivity index (χ4n) is 4.37. The van der Waals surface area contributed by atoms with Gasteiger partial charge in [0.05, 0.1) is 22.9 Å². The van der Waals surface area contributed by atoms with Gasteiger partial charge in [0.25, 0.3) is 0 Å². The second kappa shape index (κ2) is 8.27. The number of aromatic amines is 2. The predicted octanol–water partition coefficient (Wildman–Crippen LogP) is 5.92. The molecule has 0 unspecified atom stereocenters. The number of thiophene rings is 1. The van der Waals surface area contributed by atoms with Gasteiger partial charge in [-0.1, -0.05) is 0 Å². The molecule has 8 nitrogen and oxygen atoms in total. The highest BCUT2D eigenvalue weighted by atomic mass is 32.1. The van der Waals surface area contributed by atoms with Crippen molar-refractivity contribution in [2.24, 2.45) is 5.92 Å². The lowest BCUT2D eigenvalue weighted by Gasteiger charge is -2.08. The van der Waals surface area contributed by atoms with Crippen LogP contribution in [0.4, 0.5) is 14.5 Å². The van der Waals surface area contributed by atoms with Crippen LogP contribution in [0.2, 0.25) is 0 Å². The summed E-state index contributed by atoms with van der Waals surface area (Å²) in [6, 6.07) is 9.69.